The van der Waals surface area contributed by atoms with Gasteiger partial charge in [-0.05, 0) is 30.2 Å². The number of anilines is 2. The number of benzene rings is 2. The average molecular weight is 198 g/mol. The Balaban J connectivity index is 2.65. The van der Waals surface area contributed by atoms with E-state index in [0.717, 1.165) is 28.1 Å². The largest absolute Gasteiger partial charge is 0.398 e. The van der Waals surface area contributed by atoms with Gasteiger partial charge in [0.25, 0.3) is 0 Å². The molecule has 0 heterocycles. The number of para-hydroxylation sites is 1. The highest BCUT2D eigenvalue weighted by Crippen LogP contribution is 2.30. The smallest absolute Gasteiger partial charge is 0.0393 e. The molecule has 0 saturated heterocycles. The summed E-state index contributed by atoms with van der Waals surface area (Å²) in [6.45, 7) is 2.01. The van der Waals surface area contributed by atoms with Crippen LogP contribution in [0.4, 0.5) is 11.4 Å². The summed E-state index contributed by atoms with van der Waals surface area (Å²) >= 11 is 0. The molecule has 0 spiro atoms. The van der Waals surface area contributed by atoms with E-state index in [4.69, 9.17) is 11.5 Å². The van der Waals surface area contributed by atoms with Gasteiger partial charge in [0.05, 0.1) is 0 Å². The Labute approximate surface area is 89.5 Å². The third kappa shape index (κ3) is 1.66. The van der Waals surface area contributed by atoms with Crippen LogP contribution in [0.5, 0.6) is 0 Å². The molecule has 4 N–H and O–H groups in total. The molecule has 0 aliphatic heterocycles. The Morgan fingerprint density at radius 1 is 0.733 bits per heavy atom. The molecule has 0 aliphatic rings. The Hall–Kier alpha value is -1.96. The van der Waals surface area contributed by atoms with Gasteiger partial charge in [-0.2, -0.15) is 0 Å². The lowest BCUT2D eigenvalue weighted by Gasteiger charge is -2.10. The summed E-state index contributed by atoms with van der Waals surface area (Å²) in [5.74, 6) is 0. The molecule has 0 radical (unpaired) electrons. The molecular formula is C13H14N2. The van der Waals surface area contributed by atoms with E-state index in [1.165, 1.54) is 0 Å². The number of hydrogen-bond donors (Lipinski definition) is 2. The van der Waals surface area contributed by atoms with Crippen LogP contribution in [-0.2, 0) is 0 Å². The van der Waals surface area contributed by atoms with Gasteiger partial charge in [-0.1, -0.05) is 30.3 Å². The van der Waals surface area contributed by atoms with Gasteiger partial charge in [-0.3, -0.25) is 0 Å². The lowest BCUT2D eigenvalue weighted by Crippen LogP contribution is -1.94. The summed E-state index contributed by atoms with van der Waals surface area (Å²) in [6.07, 6.45) is 0. The third-order valence-corrected chi connectivity index (χ3v) is 2.63. The van der Waals surface area contributed by atoms with Crippen molar-refractivity contribution in [1.29, 1.82) is 0 Å². The van der Waals surface area contributed by atoms with Crippen LogP contribution in [0.1, 0.15) is 5.56 Å². The average Bonchev–Trinajstić information content (AvgIpc) is 2.23. The van der Waals surface area contributed by atoms with Crippen molar-refractivity contribution in [3.63, 3.8) is 0 Å². The lowest BCUT2D eigenvalue weighted by molar-refractivity contribution is 1.46. The van der Waals surface area contributed by atoms with Gasteiger partial charge < -0.3 is 11.5 Å². The summed E-state index contributed by atoms with van der Waals surface area (Å²) in [5, 5.41) is 0. The van der Waals surface area contributed by atoms with Crippen molar-refractivity contribution in [3.8, 4) is 11.1 Å². The zero-order valence-electron chi connectivity index (χ0n) is 8.70. The fourth-order valence-corrected chi connectivity index (χ4v) is 1.69. The Bertz CT molecular complexity index is 490. The quantitative estimate of drug-likeness (QED) is 0.692. The van der Waals surface area contributed by atoms with Crippen molar-refractivity contribution >= 4 is 11.4 Å². The van der Waals surface area contributed by atoms with Gasteiger partial charge in [0.1, 0.15) is 0 Å². The van der Waals surface area contributed by atoms with Crippen molar-refractivity contribution in [2.24, 2.45) is 0 Å². The van der Waals surface area contributed by atoms with E-state index in [0.29, 0.717) is 0 Å². The molecule has 15 heavy (non-hydrogen) atoms. The number of nitrogen functional groups attached to an aromatic ring is 2. The van der Waals surface area contributed by atoms with E-state index in [1.54, 1.807) is 0 Å². The van der Waals surface area contributed by atoms with Crippen molar-refractivity contribution in [1.82, 2.24) is 0 Å². The Morgan fingerprint density at radius 3 is 2.07 bits per heavy atom. The number of nitrogens with two attached hydrogens (primary N) is 2. The number of rotatable bonds is 1. The van der Waals surface area contributed by atoms with E-state index < -0.39 is 0 Å². The molecule has 2 rings (SSSR count). The monoisotopic (exact) mass is 198 g/mol. The molecule has 2 aromatic carbocycles. The van der Waals surface area contributed by atoms with Crippen LogP contribution >= 0.6 is 0 Å². The highest BCUT2D eigenvalue weighted by molar-refractivity contribution is 5.81. The van der Waals surface area contributed by atoms with Gasteiger partial charge in [-0.25, -0.2) is 0 Å². The minimum absolute atomic E-state index is 0.784. The highest BCUT2D eigenvalue weighted by atomic mass is 14.6. The van der Waals surface area contributed by atoms with Gasteiger partial charge in [-0.15, -0.1) is 0 Å². The molecule has 0 unspecified atom stereocenters. The Kier molecular flexibility index (Phi) is 2.34. The van der Waals surface area contributed by atoms with Crippen molar-refractivity contribution in [2.45, 2.75) is 6.92 Å². The highest BCUT2D eigenvalue weighted by Gasteiger charge is 2.05. The molecule has 76 valence electrons. The van der Waals surface area contributed by atoms with Crippen LogP contribution in [0.2, 0.25) is 0 Å². The minimum Gasteiger partial charge on any atom is -0.398 e. The second kappa shape index (κ2) is 3.65. The fraction of sp³-hybridized carbons (Fsp3) is 0.0769. The summed E-state index contributed by atoms with van der Waals surface area (Å²) in [7, 11) is 0. The molecule has 0 fully saturated rings. The molecule has 0 aliphatic carbocycles. The second-order valence-electron chi connectivity index (χ2n) is 3.61. The molecule has 2 nitrogen and oxygen atoms in total. The first-order valence-electron chi connectivity index (χ1n) is 4.90. The third-order valence-electron chi connectivity index (χ3n) is 2.63. The van der Waals surface area contributed by atoms with Crippen molar-refractivity contribution in [2.75, 3.05) is 11.5 Å². The van der Waals surface area contributed by atoms with Crippen LogP contribution in [0.3, 0.4) is 0 Å². The molecule has 0 amide bonds. The van der Waals surface area contributed by atoms with Gasteiger partial charge in [0.2, 0.25) is 0 Å². The van der Waals surface area contributed by atoms with Crippen LogP contribution < -0.4 is 11.5 Å². The number of hydrogen-bond acceptors (Lipinski definition) is 2. The SMILES string of the molecule is Cc1c(N)cccc1-c1ccccc1N. The van der Waals surface area contributed by atoms with E-state index in [9.17, 15) is 0 Å². The fourth-order valence-electron chi connectivity index (χ4n) is 1.69. The molecule has 2 heteroatoms. The summed E-state index contributed by atoms with van der Waals surface area (Å²) < 4.78 is 0. The van der Waals surface area contributed by atoms with Gasteiger partial charge in [0.15, 0.2) is 0 Å². The molecule has 0 atom stereocenters. The van der Waals surface area contributed by atoms with Crippen LogP contribution in [0, 0.1) is 6.92 Å². The molecule has 0 bridgehead atoms. The first-order chi connectivity index (χ1) is 7.20. The molecular weight excluding hydrogens is 184 g/mol. The predicted molar refractivity (Wildman–Crippen MR) is 65.4 cm³/mol. The molecule has 0 aromatic heterocycles. The van der Waals surface area contributed by atoms with Crippen molar-refractivity contribution < 1.29 is 0 Å². The standard InChI is InChI=1S/C13H14N2/c1-9-10(6-4-8-12(9)14)11-5-2-3-7-13(11)15/h2-8H,14-15H2,1H3. The molecule has 2 aromatic rings. The summed E-state index contributed by atoms with van der Waals surface area (Å²) in [6, 6.07) is 13.7. The predicted octanol–water partition coefficient (Wildman–Crippen LogP) is 2.83. The first-order valence-corrected chi connectivity index (χ1v) is 4.90. The minimum atomic E-state index is 0.784. The second-order valence-corrected chi connectivity index (χ2v) is 3.61. The maximum absolute atomic E-state index is 5.93. The van der Waals surface area contributed by atoms with Gasteiger partial charge in [0, 0.05) is 16.9 Å². The van der Waals surface area contributed by atoms with E-state index in [-0.39, 0.29) is 0 Å². The van der Waals surface area contributed by atoms with E-state index >= 15 is 0 Å². The van der Waals surface area contributed by atoms with Gasteiger partial charge >= 0.3 is 0 Å². The van der Waals surface area contributed by atoms with E-state index in [1.807, 2.05) is 49.4 Å². The zero-order chi connectivity index (χ0) is 10.8. The maximum atomic E-state index is 5.93. The topological polar surface area (TPSA) is 52.0 Å². The van der Waals surface area contributed by atoms with Crippen LogP contribution in [0.25, 0.3) is 11.1 Å². The van der Waals surface area contributed by atoms with Crippen LogP contribution in [0.15, 0.2) is 42.5 Å². The van der Waals surface area contributed by atoms with Crippen molar-refractivity contribution in [3.05, 3.63) is 48.0 Å². The Morgan fingerprint density at radius 2 is 1.33 bits per heavy atom. The summed E-state index contributed by atoms with van der Waals surface area (Å²) in [4.78, 5) is 0. The molecule has 0 saturated carbocycles. The van der Waals surface area contributed by atoms with E-state index in [2.05, 4.69) is 0 Å². The maximum Gasteiger partial charge on any atom is 0.0393 e. The zero-order valence-corrected chi connectivity index (χ0v) is 8.70. The van der Waals surface area contributed by atoms with Crippen LogP contribution in [-0.4, -0.2) is 0 Å². The first kappa shape index (κ1) is 9.59. The normalized spacial score (nSPS) is 10.2. The summed E-state index contributed by atoms with van der Waals surface area (Å²) in [5.41, 5.74) is 16.6. The lowest BCUT2D eigenvalue weighted by atomic mass is 9.98.